The van der Waals surface area contributed by atoms with Gasteiger partial charge in [0.1, 0.15) is 0 Å². The van der Waals surface area contributed by atoms with Gasteiger partial charge in [-0.3, -0.25) is 9.69 Å². The summed E-state index contributed by atoms with van der Waals surface area (Å²) in [5, 5.41) is 3.17. The number of nitrogens with zero attached hydrogens (tertiary/aromatic N) is 1. The molecule has 0 radical (unpaired) electrons. The van der Waals surface area contributed by atoms with Crippen molar-refractivity contribution < 1.29 is 18.0 Å². The van der Waals surface area contributed by atoms with Crippen molar-refractivity contribution in [2.45, 2.75) is 25.6 Å². The van der Waals surface area contributed by atoms with Crippen LogP contribution in [0.3, 0.4) is 0 Å². The lowest BCUT2D eigenvalue weighted by Crippen LogP contribution is -2.57. The van der Waals surface area contributed by atoms with Crippen LogP contribution in [-0.4, -0.2) is 42.4 Å². The van der Waals surface area contributed by atoms with Crippen LogP contribution < -0.4 is 5.32 Å². The molecule has 1 fully saturated rings. The minimum absolute atomic E-state index is 0.256. The van der Waals surface area contributed by atoms with Gasteiger partial charge in [-0.2, -0.15) is 13.2 Å². The van der Waals surface area contributed by atoms with Crippen LogP contribution in [0.15, 0.2) is 24.3 Å². The maximum atomic E-state index is 13.1. The number of alkyl halides is 3. The Hall–Kier alpha value is -1.40. The van der Waals surface area contributed by atoms with Gasteiger partial charge in [-0.15, -0.1) is 0 Å². The Morgan fingerprint density at radius 2 is 1.71 bits per heavy atom. The normalized spacial score (nSPS) is 17.8. The minimum Gasteiger partial charge on any atom is -0.314 e. The predicted octanol–water partition coefficient (Wildman–Crippen LogP) is 2.57. The van der Waals surface area contributed by atoms with Crippen LogP contribution in [-0.2, 0) is 6.18 Å². The van der Waals surface area contributed by atoms with E-state index in [1.54, 1.807) is 13.8 Å². The highest BCUT2D eigenvalue weighted by atomic mass is 19.4. The Morgan fingerprint density at radius 1 is 1.14 bits per heavy atom. The van der Waals surface area contributed by atoms with Crippen LogP contribution in [0.1, 0.15) is 29.8 Å². The highest BCUT2D eigenvalue weighted by molar-refractivity contribution is 6.04. The van der Waals surface area contributed by atoms with Crippen molar-refractivity contribution in [2.75, 3.05) is 26.2 Å². The number of halogens is 3. The number of carbonyl (C=O) groups is 1. The monoisotopic (exact) mass is 300 g/mol. The van der Waals surface area contributed by atoms with E-state index in [-0.39, 0.29) is 5.56 Å². The molecule has 1 aliphatic heterocycles. The zero-order valence-corrected chi connectivity index (χ0v) is 12.1. The Kier molecular flexibility index (Phi) is 4.39. The highest BCUT2D eigenvalue weighted by Gasteiger charge is 2.41. The van der Waals surface area contributed by atoms with E-state index in [4.69, 9.17) is 0 Å². The van der Waals surface area contributed by atoms with Crippen LogP contribution >= 0.6 is 0 Å². The van der Waals surface area contributed by atoms with Gasteiger partial charge in [0.2, 0.25) is 0 Å². The first-order chi connectivity index (χ1) is 9.74. The summed E-state index contributed by atoms with van der Waals surface area (Å²) >= 11 is 0. The van der Waals surface area contributed by atoms with Crippen molar-refractivity contribution in [3.63, 3.8) is 0 Å². The average Bonchev–Trinajstić information content (AvgIpc) is 2.46. The number of benzene rings is 1. The third-order valence-corrected chi connectivity index (χ3v) is 3.94. The fourth-order valence-corrected chi connectivity index (χ4v) is 2.63. The third-order valence-electron chi connectivity index (χ3n) is 3.94. The van der Waals surface area contributed by atoms with E-state index in [0.29, 0.717) is 13.1 Å². The molecular weight excluding hydrogens is 281 g/mol. The largest absolute Gasteiger partial charge is 0.417 e. The molecule has 0 bridgehead atoms. The fraction of sp³-hybridized carbons (Fsp3) is 0.533. The number of ketones is 1. The molecule has 0 amide bonds. The summed E-state index contributed by atoms with van der Waals surface area (Å²) in [7, 11) is 0. The second-order valence-corrected chi connectivity index (χ2v) is 5.67. The number of nitrogens with one attached hydrogen (secondary N) is 1. The SMILES string of the molecule is CC(C)(C(=O)c1ccccc1C(F)(F)F)N1CCNCC1. The summed E-state index contributed by atoms with van der Waals surface area (Å²) in [5.41, 5.74) is -2.07. The molecule has 1 aromatic rings. The molecule has 1 heterocycles. The molecule has 2 rings (SSSR count). The Labute approximate surface area is 122 Å². The smallest absolute Gasteiger partial charge is 0.314 e. The van der Waals surface area contributed by atoms with Crippen molar-refractivity contribution in [2.24, 2.45) is 0 Å². The predicted molar refractivity (Wildman–Crippen MR) is 74.3 cm³/mol. The maximum Gasteiger partial charge on any atom is 0.417 e. The van der Waals surface area contributed by atoms with Crippen molar-refractivity contribution in [1.82, 2.24) is 10.2 Å². The van der Waals surface area contributed by atoms with E-state index in [9.17, 15) is 18.0 Å². The number of rotatable bonds is 3. The molecule has 1 aromatic carbocycles. The molecule has 116 valence electrons. The summed E-state index contributed by atoms with van der Waals surface area (Å²) < 4.78 is 39.2. The zero-order chi connectivity index (χ0) is 15.7. The molecular formula is C15H19F3N2O. The van der Waals surface area contributed by atoms with E-state index in [0.717, 1.165) is 19.2 Å². The summed E-state index contributed by atoms with van der Waals surface area (Å²) in [6, 6.07) is 4.99. The molecule has 0 unspecified atom stereocenters. The Bertz CT molecular complexity index is 520. The molecule has 0 aromatic heterocycles. The quantitative estimate of drug-likeness (QED) is 0.871. The molecule has 1 saturated heterocycles. The first-order valence-electron chi connectivity index (χ1n) is 6.91. The molecule has 1 aliphatic rings. The van der Waals surface area contributed by atoms with Gasteiger partial charge >= 0.3 is 6.18 Å². The van der Waals surface area contributed by atoms with Gasteiger partial charge < -0.3 is 5.32 Å². The van der Waals surface area contributed by atoms with E-state index >= 15 is 0 Å². The zero-order valence-electron chi connectivity index (χ0n) is 12.1. The van der Waals surface area contributed by atoms with Crippen molar-refractivity contribution in [3.05, 3.63) is 35.4 Å². The Morgan fingerprint density at radius 3 is 2.29 bits per heavy atom. The second kappa shape index (κ2) is 5.77. The summed E-state index contributed by atoms with van der Waals surface area (Å²) in [6.07, 6.45) is -4.52. The second-order valence-electron chi connectivity index (χ2n) is 5.67. The standard InChI is InChI=1S/C15H19F3N2O/c1-14(2,20-9-7-19-8-10-20)13(21)11-5-3-4-6-12(11)15(16,17)18/h3-6,19H,7-10H2,1-2H3. The van der Waals surface area contributed by atoms with Crippen LogP contribution in [0.4, 0.5) is 13.2 Å². The lowest BCUT2D eigenvalue weighted by molar-refractivity contribution is -0.138. The number of hydrogen-bond acceptors (Lipinski definition) is 3. The van der Waals surface area contributed by atoms with Crippen LogP contribution in [0.5, 0.6) is 0 Å². The third kappa shape index (κ3) is 3.27. The lowest BCUT2D eigenvalue weighted by Gasteiger charge is -2.40. The molecule has 0 aliphatic carbocycles. The summed E-state index contributed by atoms with van der Waals surface area (Å²) in [4.78, 5) is 14.6. The van der Waals surface area contributed by atoms with Crippen molar-refractivity contribution in [3.8, 4) is 0 Å². The molecule has 0 spiro atoms. The molecule has 3 nitrogen and oxygen atoms in total. The van der Waals surface area contributed by atoms with Gasteiger partial charge in [0.25, 0.3) is 0 Å². The summed E-state index contributed by atoms with van der Waals surface area (Å²) in [6.45, 7) is 6.14. The Balaban J connectivity index is 2.35. The molecule has 6 heteroatoms. The van der Waals surface area contributed by atoms with Crippen molar-refractivity contribution >= 4 is 5.78 Å². The number of Topliss-reactive ketones (excluding diaryl/α,β-unsaturated/α-hetero) is 1. The molecule has 21 heavy (non-hydrogen) atoms. The first-order valence-corrected chi connectivity index (χ1v) is 6.91. The topological polar surface area (TPSA) is 32.3 Å². The number of hydrogen-bond donors (Lipinski definition) is 1. The minimum atomic E-state index is -4.52. The van der Waals surface area contributed by atoms with Gasteiger partial charge in [-0.05, 0) is 19.9 Å². The van der Waals surface area contributed by atoms with Gasteiger partial charge in [0, 0.05) is 31.7 Å². The maximum absolute atomic E-state index is 13.1. The average molecular weight is 300 g/mol. The summed E-state index contributed by atoms with van der Waals surface area (Å²) in [5.74, 6) is -0.489. The van der Waals surface area contributed by atoms with Crippen LogP contribution in [0, 0.1) is 0 Å². The first kappa shape index (κ1) is 16.0. The molecule has 1 N–H and O–H groups in total. The highest BCUT2D eigenvalue weighted by Crippen LogP contribution is 2.34. The van der Waals surface area contributed by atoms with E-state index in [1.165, 1.54) is 18.2 Å². The van der Waals surface area contributed by atoms with E-state index < -0.39 is 23.1 Å². The van der Waals surface area contributed by atoms with Crippen LogP contribution in [0.25, 0.3) is 0 Å². The molecule has 0 atom stereocenters. The lowest BCUT2D eigenvalue weighted by atomic mass is 9.88. The molecule has 0 saturated carbocycles. The fourth-order valence-electron chi connectivity index (χ4n) is 2.63. The van der Waals surface area contributed by atoms with Gasteiger partial charge in [-0.25, -0.2) is 0 Å². The van der Waals surface area contributed by atoms with Crippen LogP contribution in [0.2, 0.25) is 0 Å². The van der Waals surface area contributed by atoms with E-state index in [1.807, 2.05) is 4.90 Å². The van der Waals surface area contributed by atoms with Gasteiger partial charge in [0.05, 0.1) is 11.1 Å². The van der Waals surface area contributed by atoms with E-state index in [2.05, 4.69) is 5.32 Å². The van der Waals surface area contributed by atoms with Gasteiger partial charge in [0.15, 0.2) is 5.78 Å². The van der Waals surface area contributed by atoms with Gasteiger partial charge in [-0.1, -0.05) is 18.2 Å². The van der Waals surface area contributed by atoms with Crippen molar-refractivity contribution in [1.29, 1.82) is 0 Å². The number of piperazine rings is 1. The number of carbonyl (C=O) groups excluding carboxylic acids is 1.